The van der Waals surface area contributed by atoms with E-state index in [2.05, 4.69) is 29.6 Å². The van der Waals surface area contributed by atoms with E-state index in [-0.39, 0.29) is 5.75 Å². The van der Waals surface area contributed by atoms with Crippen molar-refractivity contribution < 1.29 is 9.84 Å². The van der Waals surface area contributed by atoms with Gasteiger partial charge in [-0.1, -0.05) is 24.3 Å². The van der Waals surface area contributed by atoms with E-state index < -0.39 is 0 Å². The molecule has 98 valence electrons. The first-order valence-electron chi connectivity index (χ1n) is 6.49. The van der Waals surface area contributed by atoms with Gasteiger partial charge in [-0.3, -0.25) is 0 Å². The van der Waals surface area contributed by atoms with Crippen LogP contribution in [-0.4, -0.2) is 12.2 Å². The largest absolute Gasteiger partial charge is 0.504 e. The van der Waals surface area contributed by atoms with Gasteiger partial charge in [-0.05, 0) is 36.1 Å². The Morgan fingerprint density at radius 3 is 2.84 bits per heavy atom. The first-order chi connectivity index (χ1) is 9.28. The molecule has 2 aromatic carbocycles. The molecule has 0 amide bonds. The summed E-state index contributed by atoms with van der Waals surface area (Å²) in [5.41, 5.74) is 3.69. The highest BCUT2D eigenvalue weighted by Crippen LogP contribution is 2.35. The van der Waals surface area contributed by atoms with Gasteiger partial charge in [0.15, 0.2) is 11.5 Å². The van der Waals surface area contributed by atoms with Gasteiger partial charge in [0.25, 0.3) is 0 Å². The van der Waals surface area contributed by atoms with Gasteiger partial charge in [0.1, 0.15) is 0 Å². The number of phenolic OH excluding ortho intramolecular Hbond substituents is 1. The molecule has 3 nitrogen and oxygen atoms in total. The second kappa shape index (κ2) is 4.84. The Morgan fingerprint density at radius 2 is 2.05 bits per heavy atom. The van der Waals surface area contributed by atoms with Crippen molar-refractivity contribution in [3.63, 3.8) is 0 Å². The molecule has 2 aromatic rings. The number of rotatable bonds is 3. The molecule has 0 aromatic heterocycles. The van der Waals surface area contributed by atoms with E-state index in [1.165, 1.54) is 11.1 Å². The number of hydrogen-bond acceptors (Lipinski definition) is 3. The first-order valence-corrected chi connectivity index (χ1v) is 6.49. The summed E-state index contributed by atoms with van der Waals surface area (Å²) in [5.74, 6) is 0.663. The second-order valence-electron chi connectivity index (χ2n) is 4.82. The highest BCUT2D eigenvalue weighted by Gasteiger charge is 2.21. The van der Waals surface area contributed by atoms with Crippen LogP contribution in [0, 0.1) is 0 Å². The van der Waals surface area contributed by atoms with Crippen molar-refractivity contribution in [1.82, 2.24) is 0 Å². The molecule has 1 aliphatic rings. The lowest BCUT2D eigenvalue weighted by Gasteiger charge is -2.16. The van der Waals surface area contributed by atoms with Crippen LogP contribution in [0.15, 0.2) is 42.5 Å². The fraction of sp³-hybridized carbons (Fsp3) is 0.250. The van der Waals surface area contributed by atoms with Gasteiger partial charge in [-0.2, -0.15) is 0 Å². The van der Waals surface area contributed by atoms with Crippen LogP contribution in [0.1, 0.15) is 23.6 Å². The molecule has 2 N–H and O–H groups in total. The molecular weight excluding hydrogens is 238 g/mol. The van der Waals surface area contributed by atoms with Crippen molar-refractivity contribution in [3.05, 3.63) is 53.6 Å². The highest BCUT2D eigenvalue weighted by atomic mass is 16.5. The summed E-state index contributed by atoms with van der Waals surface area (Å²) < 4.78 is 5.05. The van der Waals surface area contributed by atoms with Crippen molar-refractivity contribution in [2.75, 3.05) is 12.4 Å². The average molecular weight is 255 g/mol. The monoisotopic (exact) mass is 255 g/mol. The highest BCUT2D eigenvalue weighted by molar-refractivity contribution is 5.56. The molecule has 0 spiro atoms. The van der Waals surface area contributed by atoms with Gasteiger partial charge in [0, 0.05) is 11.8 Å². The molecule has 3 rings (SSSR count). The molecule has 1 atom stereocenters. The number of fused-ring (bicyclic) bond motifs is 1. The van der Waals surface area contributed by atoms with Crippen molar-refractivity contribution in [3.8, 4) is 11.5 Å². The topological polar surface area (TPSA) is 41.5 Å². The molecular formula is C16H17NO2. The van der Waals surface area contributed by atoms with Gasteiger partial charge in [-0.15, -0.1) is 0 Å². The van der Waals surface area contributed by atoms with Crippen LogP contribution in [0.3, 0.4) is 0 Å². The molecule has 0 saturated heterocycles. The van der Waals surface area contributed by atoms with Gasteiger partial charge in [0.05, 0.1) is 13.2 Å². The second-order valence-corrected chi connectivity index (χ2v) is 4.82. The SMILES string of the molecule is COc1ccc(NC2CCc3ccccc32)cc1O. The van der Waals surface area contributed by atoms with Gasteiger partial charge in [-0.25, -0.2) is 0 Å². The molecule has 0 radical (unpaired) electrons. The number of benzene rings is 2. The lowest BCUT2D eigenvalue weighted by atomic mass is 10.1. The Morgan fingerprint density at radius 1 is 1.21 bits per heavy atom. The Bertz CT molecular complexity index is 595. The Labute approximate surface area is 112 Å². The number of aryl methyl sites for hydroxylation is 1. The molecule has 19 heavy (non-hydrogen) atoms. The lowest BCUT2D eigenvalue weighted by molar-refractivity contribution is 0.373. The summed E-state index contributed by atoms with van der Waals surface area (Å²) in [6.45, 7) is 0. The molecule has 1 unspecified atom stereocenters. The maximum atomic E-state index is 9.80. The average Bonchev–Trinajstić information content (AvgIpc) is 2.83. The maximum Gasteiger partial charge on any atom is 0.160 e. The predicted molar refractivity (Wildman–Crippen MR) is 75.8 cm³/mol. The Balaban J connectivity index is 1.81. The van der Waals surface area contributed by atoms with Crippen molar-refractivity contribution >= 4 is 5.69 Å². The van der Waals surface area contributed by atoms with Crippen LogP contribution in [0.25, 0.3) is 0 Å². The van der Waals surface area contributed by atoms with Gasteiger partial charge >= 0.3 is 0 Å². The fourth-order valence-electron chi connectivity index (χ4n) is 2.69. The van der Waals surface area contributed by atoms with E-state index in [0.717, 1.165) is 18.5 Å². The van der Waals surface area contributed by atoms with E-state index >= 15 is 0 Å². The van der Waals surface area contributed by atoms with Crippen LogP contribution < -0.4 is 10.1 Å². The zero-order valence-corrected chi connectivity index (χ0v) is 10.9. The maximum absolute atomic E-state index is 9.80. The summed E-state index contributed by atoms with van der Waals surface area (Å²) >= 11 is 0. The molecule has 3 heteroatoms. The normalized spacial score (nSPS) is 17.0. The van der Waals surface area contributed by atoms with Crippen LogP contribution in [-0.2, 0) is 6.42 Å². The number of aromatic hydroxyl groups is 1. The number of hydrogen-bond donors (Lipinski definition) is 2. The number of phenols is 1. The third-order valence-electron chi connectivity index (χ3n) is 3.65. The minimum absolute atomic E-state index is 0.166. The zero-order chi connectivity index (χ0) is 13.2. The zero-order valence-electron chi connectivity index (χ0n) is 10.9. The fourth-order valence-corrected chi connectivity index (χ4v) is 2.69. The van der Waals surface area contributed by atoms with Crippen molar-refractivity contribution in [2.45, 2.75) is 18.9 Å². The third kappa shape index (κ3) is 2.24. The van der Waals surface area contributed by atoms with Crippen LogP contribution in [0.5, 0.6) is 11.5 Å². The minimum atomic E-state index is 0.166. The number of anilines is 1. The lowest BCUT2D eigenvalue weighted by Crippen LogP contribution is -2.06. The van der Waals surface area contributed by atoms with E-state index in [1.54, 1.807) is 19.2 Å². The summed E-state index contributed by atoms with van der Waals surface area (Å²) in [4.78, 5) is 0. The Kier molecular flexibility index (Phi) is 3.03. The van der Waals surface area contributed by atoms with Crippen LogP contribution in [0.4, 0.5) is 5.69 Å². The molecule has 0 heterocycles. The van der Waals surface area contributed by atoms with Crippen LogP contribution in [0.2, 0.25) is 0 Å². The van der Waals surface area contributed by atoms with E-state index in [1.807, 2.05) is 6.07 Å². The quantitative estimate of drug-likeness (QED) is 0.882. The number of ether oxygens (including phenoxy) is 1. The van der Waals surface area contributed by atoms with Gasteiger partial charge < -0.3 is 15.2 Å². The molecule has 0 aliphatic heterocycles. The molecule has 0 saturated carbocycles. The van der Waals surface area contributed by atoms with E-state index in [0.29, 0.717) is 11.8 Å². The van der Waals surface area contributed by atoms with Crippen molar-refractivity contribution in [2.24, 2.45) is 0 Å². The third-order valence-corrected chi connectivity index (χ3v) is 3.65. The summed E-state index contributed by atoms with van der Waals surface area (Å²) in [6.07, 6.45) is 2.20. The number of methoxy groups -OCH3 is 1. The van der Waals surface area contributed by atoms with E-state index in [9.17, 15) is 5.11 Å². The summed E-state index contributed by atoms with van der Waals surface area (Å²) in [7, 11) is 1.55. The number of nitrogens with one attached hydrogen (secondary N) is 1. The summed E-state index contributed by atoms with van der Waals surface area (Å²) in [6, 6.07) is 14.2. The van der Waals surface area contributed by atoms with Crippen molar-refractivity contribution in [1.29, 1.82) is 0 Å². The predicted octanol–water partition coefficient (Wildman–Crippen LogP) is 3.50. The molecule has 0 bridgehead atoms. The Hall–Kier alpha value is -2.16. The van der Waals surface area contributed by atoms with Crippen LogP contribution >= 0.6 is 0 Å². The summed E-state index contributed by atoms with van der Waals surface area (Å²) in [5, 5.41) is 13.3. The standard InChI is InChI=1S/C16H17NO2/c1-19-16-9-7-12(10-15(16)18)17-14-8-6-11-4-2-3-5-13(11)14/h2-5,7,9-10,14,17-18H,6,8H2,1H3. The smallest absolute Gasteiger partial charge is 0.160 e. The minimum Gasteiger partial charge on any atom is -0.504 e. The molecule has 1 aliphatic carbocycles. The molecule has 0 fully saturated rings. The van der Waals surface area contributed by atoms with Gasteiger partial charge in [0.2, 0.25) is 0 Å². The van der Waals surface area contributed by atoms with E-state index in [4.69, 9.17) is 4.74 Å². The first kappa shape index (κ1) is 11.9.